The number of ether oxygens (including phenoxy) is 2. The number of likely N-dealkylation sites (tertiary alicyclic amines) is 2. The Morgan fingerprint density at radius 1 is 0.690 bits per heavy atom. The minimum Gasteiger partial charge on any atom is -0.621 e. The number of nitrogens with one attached hydrogen (secondary N) is 2. The topological polar surface area (TPSA) is 195 Å². The number of quaternary nitrogens is 1. The predicted octanol–water partition coefficient (Wildman–Crippen LogP) is 9.67. The Morgan fingerprint density at radius 2 is 1.24 bits per heavy atom. The van der Waals surface area contributed by atoms with Gasteiger partial charge in [-0.25, -0.2) is 14.4 Å². The van der Waals surface area contributed by atoms with Crippen molar-refractivity contribution in [2.45, 2.75) is 134 Å². The van der Waals surface area contributed by atoms with E-state index >= 15 is 0 Å². The Labute approximate surface area is 415 Å². The van der Waals surface area contributed by atoms with Crippen molar-refractivity contribution in [1.82, 2.24) is 9.80 Å². The molecule has 2 N–H and O–H groups in total. The van der Waals surface area contributed by atoms with Crippen LogP contribution in [0.15, 0.2) is 96.0 Å². The van der Waals surface area contributed by atoms with Gasteiger partial charge in [0.2, 0.25) is 5.91 Å². The summed E-state index contributed by atoms with van der Waals surface area (Å²) in [4.78, 5) is 77.5. The zero-order valence-electron chi connectivity index (χ0n) is 41.6. The third-order valence-corrected chi connectivity index (χ3v) is 13.9. The first-order valence-corrected chi connectivity index (χ1v) is 24.8. The second-order valence-corrected chi connectivity index (χ2v) is 21.0. The van der Waals surface area contributed by atoms with Crippen LogP contribution in [0.3, 0.4) is 0 Å². The molecule has 0 bridgehead atoms. The highest BCUT2D eigenvalue weighted by atomic mass is 16.6. The van der Waals surface area contributed by atoms with Crippen molar-refractivity contribution in [2.24, 2.45) is 4.99 Å². The largest absolute Gasteiger partial charge is 0.621 e. The van der Waals surface area contributed by atoms with Crippen molar-refractivity contribution < 1.29 is 38.6 Å². The first-order chi connectivity index (χ1) is 33.8. The van der Waals surface area contributed by atoms with E-state index in [4.69, 9.17) is 9.47 Å². The van der Waals surface area contributed by atoms with Gasteiger partial charge < -0.3 is 29.8 Å². The van der Waals surface area contributed by atoms with Crippen LogP contribution in [0.4, 0.5) is 43.7 Å². The number of carbonyl (C=O) groups is 4. The van der Waals surface area contributed by atoms with Crippen molar-refractivity contribution in [3.8, 4) is 0 Å². The molecule has 0 spiro atoms. The summed E-state index contributed by atoms with van der Waals surface area (Å²) in [7, 11) is 0. The Kier molecular flexibility index (Phi) is 14.8. The Bertz CT molecular complexity index is 2620. The number of piperidine rings is 1. The van der Waals surface area contributed by atoms with Gasteiger partial charge in [-0.1, -0.05) is 42.5 Å². The van der Waals surface area contributed by atoms with Crippen LogP contribution in [0.25, 0.3) is 0 Å². The van der Waals surface area contributed by atoms with E-state index < -0.39 is 57.3 Å². The van der Waals surface area contributed by atoms with Crippen LogP contribution in [-0.2, 0) is 19.1 Å². The van der Waals surface area contributed by atoms with Crippen molar-refractivity contribution in [3.05, 3.63) is 123 Å². The number of hydroxylamine groups is 1. The zero-order chi connectivity index (χ0) is 50.8. The number of benzene rings is 4. The van der Waals surface area contributed by atoms with Gasteiger partial charge in [-0.05, 0) is 159 Å². The number of hydrogen-bond donors (Lipinski definition) is 2. The second kappa shape index (κ2) is 20.9. The summed E-state index contributed by atoms with van der Waals surface area (Å²) < 4.78 is 11.1. The van der Waals surface area contributed by atoms with Gasteiger partial charge in [-0.2, -0.15) is 0 Å². The van der Waals surface area contributed by atoms with Gasteiger partial charge >= 0.3 is 18.1 Å². The summed E-state index contributed by atoms with van der Waals surface area (Å²) in [5.41, 5.74) is 3.28. The molecular formula is C54H66N8O9. The van der Waals surface area contributed by atoms with Crippen molar-refractivity contribution >= 4 is 64.8 Å². The Balaban J connectivity index is 1.08. The second-order valence-electron chi connectivity index (χ2n) is 21.0. The molecule has 0 saturated carbocycles. The van der Waals surface area contributed by atoms with Crippen LogP contribution < -0.4 is 20.2 Å². The lowest BCUT2D eigenvalue weighted by atomic mass is 9.89. The van der Waals surface area contributed by atoms with Gasteiger partial charge in [-0.3, -0.25) is 34.8 Å². The highest BCUT2D eigenvalue weighted by Gasteiger charge is 2.42. The molecule has 0 aliphatic carbocycles. The van der Waals surface area contributed by atoms with Crippen LogP contribution >= 0.6 is 0 Å². The first-order valence-electron chi connectivity index (χ1n) is 24.8. The number of amides is 4. The number of nitrogens with zero attached hydrogens (tertiary/aromatic N) is 6. The molecule has 4 aromatic rings. The van der Waals surface area contributed by atoms with Crippen molar-refractivity contribution in [1.29, 1.82) is 0 Å². The van der Waals surface area contributed by atoms with Crippen LogP contribution in [0, 0.1) is 15.3 Å². The molecule has 0 aromatic heterocycles. The summed E-state index contributed by atoms with van der Waals surface area (Å²) in [6.07, 6.45) is 3.88. The number of rotatable bonds is 11. The lowest BCUT2D eigenvalue weighted by Gasteiger charge is -2.36. The highest BCUT2D eigenvalue weighted by Crippen LogP contribution is 2.49. The summed E-state index contributed by atoms with van der Waals surface area (Å²) in [5.74, 6) is -0.751. The van der Waals surface area contributed by atoms with Gasteiger partial charge in [0, 0.05) is 49.7 Å². The van der Waals surface area contributed by atoms with Gasteiger partial charge in [0.15, 0.2) is 11.7 Å². The molecule has 4 aliphatic rings. The van der Waals surface area contributed by atoms with Crippen LogP contribution in [-0.4, -0.2) is 94.9 Å². The molecule has 4 amide bonds. The summed E-state index contributed by atoms with van der Waals surface area (Å²) in [6, 6.07) is 26.6. The standard InChI is InChI=1S/C54H66N8O9/c1-53(2,3)70-51(65)58-29-11-15-46(58)49(63)56-41-23-17-38(34-48(41)62(68)69)44-26-25-43(60(44)40-21-19-39(20-22-40)57-31-27-36(28-32-57)35-13-9-8-10-14-35)37-18-24-45(42(33-37)55-7)61(67)50(64)47-16-12-30-59(47)52(66)71-54(4,5)6/h8-10,13-14,17-24,33-34,36,43-44,46-47,61H,7,11-12,15-16,25-32H2,1-6H3,(H,56,63)/t43-,44-,46+,47?/m1/s1. The molecule has 4 aliphatic heterocycles. The Hall–Kier alpha value is -6.85. The van der Waals surface area contributed by atoms with E-state index in [1.807, 2.05) is 12.1 Å². The quantitative estimate of drug-likeness (QED) is 0.0825. The smallest absolute Gasteiger partial charge is 0.411 e. The van der Waals surface area contributed by atoms with Crippen LogP contribution in [0.1, 0.15) is 128 Å². The molecule has 5 atom stereocenters. The average molecular weight is 971 g/mol. The molecular weight excluding hydrogens is 905 g/mol. The molecule has 8 rings (SSSR count). The fourth-order valence-electron chi connectivity index (χ4n) is 10.6. The van der Waals surface area contributed by atoms with Gasteiger partial charge in [0.1, 0.15) is 28.6 Å². The molecule has 71 heavy (non-hydrogen) atoms. The SMILES string of the molecule is C=Nc1cc([C@H]2CC[C@H](c3ccc(NC(=O)[C@@H]4CCCN4C(=O)OC(C)(C)C)c([N+](=O)[O-])c3)N2c2ccc(N3CCC(c4ccccc4)CC3)cc2)ccc1[NH+]([O-])C(=O)C1CCCN1C(=O)OC(C)(C)C. The predicted molar refractivity (Wildman–Crippen MR) is 273 cm³/mol. The molecule has 17 heteroatoms. The maximum absolute atomic E-state index is 14.0. The number of aliphatic imine (C=N–C) groups is 1. The maximum Gasteiger partial charge on any atom is 0.411 e. The Morgan fingerprint density at radius 3 is 1.82 bits per heavy atom. The maximum atomic E-state index is 14.0. The van der Waals surface area contributed by atoms with E-state index in [9.17, 15) is 34.5 Å². The van der Waals surface area contributed by atoms with Crippen LogP contribution in [0.5, 0.6) is 0 Å². The van der Waals surface area contributed by atoms with Gasteiger partial charge in [0.05, 0.1) is 17.0 Å². The van der Waals surface area contributed by atoms with E-state index in [-0.39, 0.29) is 34.8 Å². The van der Waals surface area contributed by atoms with Crippen molar-refractivity contribution in [3.63, 3.8) is 0 Å². The minimum atomic E-state index is -0.961. The highest BCUT2D eigenvalue weighted by molar-refractivity contribution is 5.98. The molecule has 0 radical (unpaired) electrons. The van der Waals surface area contributed by atoms with E-state index in [1.165, 1.54) is 21.4 Å². The third kappa shape index (κ3) is 11.4. The van der Waals surface area contributed by atoms with Crippen molar-refractivity contribution in [2.75, 3.05) is 41.3 Å². The molecule has 4 saturated heterocycles. The fourth-order valence-corrected chi connectivity index (χ4v) is 10.6. The minimum absolute atomic E-state index is 0.0181. The number of anilines is 3. The van der Waals surface area contributed by atoms with E-state index in [1.54, 1.807) is 65.8 Å². The number of carbonyl (C=O) groups excluding carboxylic acids is 4. The molecule has 4 fully saturated rings. The number of hydrogen-bond acceptors (Lipinski definition) is 12. The molecule has 376 valence electrons. The molecule has 2 unspecified atom stereocenters. The average Bonchev–Trinajstić information content (AvgIpc) is 4.14. The number of nitro benzene ring substituents is 1. The third-order valence-electron chi connectivity index (χ3n) is 13.9. The zero-order valence-corrected chi connectivity index (χ0v) is 41.6. The van der Waals surface area contributed by atoms with E-state index in [2.05, 4.69) is 75.4 Å². The fraction of sp³-hybridized carbons (Fsp3) is 0.463. The normalized spacial score (nSPS) is 21.2. The van der Waals surface area contributed by atoms with Crippen LogP contribution in [0.2, 0.25) is 0 Å². The summed E-state index contributed by atoms with van der Waals surface area (Å²) in [5, 5.41) is 28.8. The lowest BCUT2D eigenvalue weighted by Crippen LogP contribution is -3.07. The molecule has 17 nitrogen and oxygen atoms in total. The lowest BCUT2D eigenvalue weighted by molar-refractivity contribution is -0.690. The van der Waals surface area contributed by atoms with Gasteiger partial charge in [-0.15, -0.1) is 0 Å². The van der Waals surface area contributed by atoms with E-state index in [0.717, 1.165) is 42.9 Å². The molecule has 4 aromatic carbocycles. The number of nitro groups is 1. The first kappa shape index (κ1) is 50.5. The van der Waals surface area contributed by atoms with E-state index in [0.29, 0.717) is 63.1 Å². The van der Waals surface area contributed by atoms with Gasteiger partial charge in [0.25, 0.3) is 5.69 Å². The summed E-state index contributed by atoms with van der Waals surface area (Å²) in [6.45, 7) is 16.7. The summed E-state index contributed by atoms with van der Waals surface area (Å²) >= 11 is 0. The monoisotopic (exact) mass is 970 g/mol. The molecule has 4 heterocycles.